The van der Waals surface area contributed by atoms with Gasteiger partial charge in [0.1, 0.15) is 0 Å². The highest BCUT2D eigenvalue weighted by atomic mass is 16.1. The summed E-state index contributed by atoms with van der Waals surface area (Å²) in [6.45, 7) is 0. The van der Waals surface area contributed by atoms with Crippen molar-refractivity contribution in [3.63, 3.8) is 0 Å². The third-order valence-electron chi connectivity index (χ3n) is 4.39. The molecule has 0 amide bonds. The van der Waals surface area contributed by atoms with Crippen LogP contribution in [-0.4, -0.2) is 5.78 Å². The molecule has 1 saturated carbocycles. The SMILES string of the molecule is O=C(/C=C/[C]1[CH][CH][CH][CH]1)c1ccc(-c2cccc3ccccc23)cc1. The fourth-order valence-corrected chi connectivity index (χ4v) is 3.06. The molecule has 5 radical (unpaired) electrons. The van der Waals surface area contributed by atoms with E-state index in [-0.39, 0.29) is 5.78 Å². The molecule has 0 bridgehead atoms. The Kier molecular flexibility index (Phi) is 4.47. The van der Waals surface area contributed by atoms with Crippen LogP contribution in [0.25, 0.3) is 21.9 Å². The molecule has 0 atom stereocenters. The minimum absolute atomic E-state index is 0.0191. The van der Waals surface area contributed by atoms with Crippen molar-refractivity contribution in [1.29, 1.82) is 0 Å². The minimum Gasteiger partial charge on any atom is -0.289 e. The first-order valence-corrected chi connectivity index (χ1v) is 8.33. The lowest BCUT2D eigenvalue weighted by atomic mass is 9.97. The average Bonchev–Trinajstić information content (AvgIpc) is 3.19. The lowest BCUT2D eigenvalue weighted by Crippen LogP contribution is -1.96. The molecule has 25 heavy (non-hydrogen) atoms. The lowest BCUT2D eigenvalue weighted by Gasteiger charge is -2.07. The topological polar surface area (TPSA) is 17.1 Å². The molecule has 0 saturated heterocycles. The van der Waals surface area contributed by atoms with E-state index in [1.807, 2.05) is 62.1 Å². The van der Waals surface area contributed by atoms with Gasteiger partial charge in [0.25, 0.3) is 0 Å². The first-order chi connectivity index (χ1) is 12.3. The predicted octanol–water partition coefficient (Wildman–Crippen LogP) is 5.65. The van der Waals surface area contributed by atoms with Crippen LogP contribution in [-0.2, 0) is 0 Å². The van der Waals surface area contributed by atoms with Crippen LogP contribution in [0, 0.1) is 31.6 Å². The second-order valence-electron chi connectivity index (χ2n) is 6.02. The van der Waals surface area contributed by atoms with E-state index in [0.29, 0.717) is 5.56 Å². The highest BCUT2D eigenvalue weighted by Gasteiger charge is 2.14. The van der Waals surface area contributed by atoms with Crippen LogP contribution in [0.4, 0.5) is 0 Å². The van der Waals surface area contributed by atoms with E-state index in [1.165, 1.54) is 16.3 Å². The third kappa shape index (κ3) is 3.41. The van der Waals surface area contributed by atoms with Crippen molar-refractivity contribution in [2.75, 3.05) is 0 Å². The summed E-state index contributed by atoms with van der Waals surface area (Å²) in [6.07, 6.45) is 11.4. The maximum Gasteiger partial charge on any atom is 0.185 e. The molecule has 1 nitrogen and oxygen atoms in total. The summed E-state index contributed by atoms with van der Waals surface area (Å²) in [5.74, 6) is 1.06. The zero-order valence-corrected chi connectivity index (χ0v) is 13.7. The second kappa shape index (κ2) is 7.06. The minimum atomic E-state index is 0.0191. The van der Waals surface area contributed by atoms with Gasteiger partial charge in [-0.1, -0.05) is 72.8 Å². The Balaban J connectivity index is 1.58. The van der Waals surface area contributed by atoms with Crippen LogP contribution >= 0.6 is 0 Å². The molecule has 3 aromatic carbocycles. The molecule has 0 aliphatic heterocycles. The summed E-state index contributed by atoms with van der Waals surface area (Å²) in [4.78, 5) is 12.3. The predicted molar refractivity (Wildman–Crippen MR) is 103 cm³/mol. The van der Waals surface area contributed by atoms with E-state index in [9.17, 15) is 4.79 Å². The maximum absolute atomic E-state index is 12.3. The monoisotopic (exact) mass is 321 g/mol. The Morgan fingerprint density at radius 3 is 2.28 bits per heavy atom. The Hall–Kier alpha value is -2.67. The third-order valence-corrected chi connectivity index (χ3v) is 4.39. The molecule has 4 rings (SSSR count). The van der Waals surface area contributed by atoms with Gasteiger partial charge in [0, 0.05) is 11.5 Å². The van der Waals surface area contributed by atoms with Crippen molar-refractivity contribution in [2.45, 2.75) is 0 Å². The Morgan fingerprint density at radius 1 is 0.760 bits per heavy atom. The largest absolute Gasteiger partial charge is 0.289 e. The number of benzene rings is 3. The summed E-state index contributed by atoms with van der Waals surface area (Å²) in [5, 5.41) is 2.44. The number of rotatable bonds is 4. The van der Waals surface area contributed by atoms with Gasteiger partial charge in [-0.2, -0.15) is 0 Å². The zero-order valence-electron chi connectivity index (χ0n) is 13.7. The van der Waals surface area contributed by atoms with Gasteiger partial charge < -0.3 is 0 Å². The van der Waals surface area contributed by atoms with Crippen LogP contribution in [0.5, 0.6) is 0 Å². The molecule has 1 heteroatoms. The molecule has 1 aliphatic carbocycles. The van der Waals surface area contributed by atoms with Crippen molar-refractivity contribution >= 4 is 16.6 Å². The van der Waals surface area contributed by atoms with Crippen LogP contribution in [0.2, 0.25) is 0 Å². The van der Waals surface area contributed by atoms with E-state index in [0.717, 1.165) is 11.5 Å². The van der Waals surface area contributed by atoms with E-state index in [1.54, 1.807) is 6.08 Å². The Bertz CT molecular complexity index is 907. The molecule has 0 spiro atoms. The standard InChI is InChI=1S/C24H17O/c25-24(17-12-18-6-1-2-7-18)21-15-13-20(14-16-21)23-11-5-9-19-8-3-4-10-22(19)23/h1-17H/b17-12+. The van der Waals surface area contributed by atoms with Gasteiger partial charge in [0.2, 0.25) is 0 Å². The Morgan fingerprint density at radius 2 is 1.48 bits per heavy atom. The molecule has 0 aromatic heterocycles. The normalized spacial score (nSPS) is 15.2. The van der Waals surface area contributed by atoms with Crippen LogP contribution < -0.4 is 0 Å². The van der Waals surface area contributed by atoms with Crippen molar-refractivity contribution in [1.82, 2.24) is 0 Å². The van der Waals surface area contributed by atoms with Crippen molar-refractivity contribution < 1.29 is 4.79 Å². The molecule has 1 aliphatic rings. The van der Waals surface area contributed by atoms with Crippen LogP contribution in [0.3, 0.4) is 0 Å². The zero-order chi connectivity index (χ0) is 17.1. The number of carbonyl (C=O) groups is 1. The van der Waals surface area contributed by atoms with Gasteiger partial charge in [-0.3, -0.25) is 4.79 Å². The smallest absolute Gasteiger partial charge is 0.185 e. The van der Waals surface area contributed by atoms with Crippen LogP contribution in [0.15, 0.2) is 78.9 Å². The van der Waals surface area contributed by atoms with Crippen LogP contribution in [0.1, 0.15) is 10.4 Å². The molecule has 1 fully saturated rings. The quantitative estimate of drug-likeness (QED) is 0.448. The molecule has 0 heterocycles. The Labute approximate surface area is 149 Å². The van der Waals surface area contributed by atoms with Crippen molar-refractivity contribution in [2.24, 2.45) is 0 Å². The summed E-state index contributed by atoms with van der Waals surface area (Å²) >= 11 is 0. The number of allylic oxidation sites excluding steroid dienone is 2. The van der Waals surface area contributed by atoms with Gasteiger partial charge in [0.05, 0.1) is 0 Å². The van der Waals surface area contributed by atoms with Gasteiger partial charge in [-0.15, -0.1) is 0 Å². The van der Waals surface area contributed by atoms with E-state index in [4.69, 9.17) is 0 Å². The average molecular weight is 321 g/mol. The highest BCUT2D eigenvalue weighted by molar-refractivity contribution is 6.05. The summed E-state index contributed by atoms with van der Waals surface area (Å²) in [6, 6.07) is 22.5. The number of carbonyl (C=O) groups excluding carboxylic acids is 1. The van der Waals surface area contributed by atoms with Gasteiger partial charge >= 0.3 is 0 Å². The van der Waals surface area contributed by atoms with Gasteiger partial charge in [0.15, 0.2) is 5.78 Å². The van der Waals surface area contributed by atoms with Crippen molar-refractivity contribution in [3.8, 4) is 11.1 Å². The van der Waals surface area contributed by atoms with Crippen molar-refractivity contribution in [3.05, 3.63) is 116 Å². The molecule has 0 unspecified atom stereocenters. The molecular formula is C24H17O. The summed E-state index contributed by atoms with van der Waals surface area (Å²) < 4.78 is 0. The molecule has 0 N–H and O–H groups in total. The maximum atomic E-state index is 12.3. The fourth-order valence-electron chi connectivity index (χ4n) is 3.06. The highest BCUT2D eigenvalue weighted by Crippen LogP contribution is 2.29. The van der Waals surface area contributed by atoms with E-state index >= 15 is 0 Å². The first-order valence-electron chi connectivity index (χ1n) is 8.33. The number of hydrogen-bond acceptors (Lipinski definition) is 1. The molecule has 119 valence electrons. The molecular weight excluding hydrogens is 304 g/mol. The second-order valence-corrected chi connectivity index (χ2v) is 6.02. The number of ketones is 1. The summed E-state index contributed by atoms with van der Waals surface area (Å²) in [5.41, 5.74) is 3.00. The number of fused-ring (bicyclic) bond motifs is 1. The molecule has 3 aromatic rings. The summed E-state index contributed by atoms with van der Waals surface area (Å²) in [7, 11) is 0. The van der Waals surface area contributed by atoms with E-state index in [2.05, 4.69) is 36.4 Å². The van der Waals surface area contributed by atoms with E-state index < -0.39 is 0 Å². The number of hydrogen-bond donors (Lipinski definition) is 0. The lowest BCUT2D eigenvalue weighted by molar-refractivity contribution is 0.104. The van der Waals surface area contributed by atoms with Gasteiger partial charge in [-0.25, -0.2) is 0 Å². The first kappa shape index (κ1) is 15.8. The fraction of sp³-hybridized carbons (Fsp3) is 0. The van der Waals surface area contributed by atoms with Gasteiger partial charge in [-0.05, 0) is 53.7 Å².